The van der Waals surface area contributed by atoms with Crippen LogP contribution in [0, 0.1) is 18.3 Å². The Bertz CT molecular complexity index is 1520. The van der Waals surface area contributed by atoms with Crippen LogP contribution in [0.2, 0.25) is 0 Å². The molecule has 4 aromatic rings. The normalized spacial score (nSPS) is 14.7. The zero-order chi connectivity index (χ0) is 23.4. The van der Waals surface area contributed by atoms with E-state index in [9.17, 15) is 10.1 Å². The molecule has 5 rings (SSSR count). The molecule has 0 saturated heterocycles. The Morgan fingerprint density at radius 2 is 2.00 bits per heavy atom. The molecule has 4 heterocycles. The number of nitrogens with zero attached hydrogens (tertiary/aromatic N) is 7. The molecule has 2 N–H and O–H groups in total. The standard InChI is InChI=1S/C23H22N8O2/c1-12-5-6-14-15(7-12)13(2)33-20-8-16(26-27-23(20)25)22-17(28-29(3)19(22)10-24)11-31-18(14)9-21(32)30(31)4/h5-9,13H,11H2,1-4H3,(H2,25,27)/t13-/m1/s1. The number of aryl methyl sites for hydroxylation is 2. The number of hydrogen-bond donors (Lipinski definition) is 1. The summed E-state index contributed by atoms with van der Waals surface area (Å²) in [6.45, 7) is 4.18. The Morgan fingerprint density at radius 1 is 1.21 bits per heavy atom. The van der Waals surface area contributed by atoms with Crippen LogP contribution in [0.4, 0.5) is 5.82 Å². The largest absolute Gasteiger partial charge is 0.482 e. The van der Waals surface area contributed by atoms with Crippen LogP contribution in [0.3, 0.4) is 0 Å². The summed E-state index contributed by atoms with van der Waals surface area (Å²) in [4.78, 5) is 12.7. The molecule has 10 heteroatoms. The highest BCUT2D eigenvalue weighted by Crippen LogP contribution is 2.37. The SMILES string of the molecule is Cc1ccc2c(c1)[C@@H](C)Oc1cc(nnc1N)-c1c(nn(C)c1C#N)Cn1c-2cc(=O)n1C. The van der Waals surface area contributed by atoms with Gasteiger partial charge in [0.1, 0.15) is 23.6 Å². The van der Waals surface area contributed by atoms with Crippen LogP contribution in [-0.4, -0.2) is 29.3 Å². The lowest BCUT2D eigenvalue weighted by molar-refractivity contribution is 0.227. The average Bonchev–Trinajstić information content (AvgIpc) is 3.25. The van der Waals surface area contributed by atoms with E-state index in [0.717, 1.165) is 22.4 Å². The fourth-order valence-corrected chi connectivity index (χ4v) is 4.31. The van der Waals surface area contributed by atoms with Crippen LogP contribution in [0.15, 0.2) is 35.1 Å². The average molecular weight is 442 g/mol. The van der Waals surface area contributed by atoms with Crippen molar-refractivity contribution in [3.8, 4) is 34.3 Å². The molecule has 0 unspecified atom stereocenters. The van der Waals surface area contributed by atoms with Gasteiger partial charge in [0.2, 0.25) is 0 Å². The van der Waals surface area contributed by atoms with Crippen LogP contribution >= 0.6 is 0 Å². The second kappa shape index (κ2) is 7.34. The molecule has 166 valence electrons. The smallest absolute Gasteiger partial charge is 0.267 e. The first-order chi connectivity index (χ1) is 15.8. The number of nitriles is 1. The number of benzene rings is 1. The van der Waals surface area contributed by atoms with E-state index in [1.165, 1.54) is 4.68 Å². The molecular formula is C23H22N8O2. The summed E-state index contributed by atoms with van der Waals surface area (Å²) in [5, 5.41) is 22.7. The molecule has 3 aromatic heterocycles. The minimum Gasteiger partial charge on any atom is -0.482 e. The Kier molecular flexibility index (Phi) is 4.56. The van der Waals surface area contributed by atoms with Crippen molar-refractivity contribution in [3.63, 3.8) is 0 Å². The highest BCUT2D eigenvalue weighted by Gasteiger charge is 2.26. The van der Waals surface area contributed by atoms with Crippen molar-refractivity contribution >= 4 is 5.82 Å². The highest BCUT2D eigenvalue weighted by atomic mass is 16.5. The van der Waals surface area contributed by atoms with Crippen molar-refractivity contribution in [1.82, 2.24) is 29.3 Å². The summed E-state index contributed by atoms with van der Waals surface area (Å²) >= 11 is 0. The third-order valence-corrected chi connectivity index (χ3v) is 6.01. The lowest BCUT2D eigenvalue weighted by Gasteiger charge is -2.22. The van der Waals surface area contributed by atoms with Gasteiger partial charge in [0, 0.05) is 37.4 Å². The van der Waals surface area contributed by atoms with Crippen molar-refractivity contribution in [3.05, 3.63) is 63.2 Å². The second-order valence-corrected chi connectivity index (χ2v) is 8.18. The summed E-state index contributed by atoms with van der Waals surface area (Å²) in [5.74, 6) is 0.516. The van der Waals surface area contributed by atoms with Gasteiger partial charge in [-0.2, -0.15) is 10.4 Å². The summed E-state index contributed by atoms with van der Waals surface area (Å²) < 4.78 is 11.2. The number of rotatable bonds is 0. The summed E-state index contributed by atoms with van der Waals surface area (Å²) in [6, 6.07) is 11.5. The fraction of sp³-hybridized carbons (Fsp3) is 0.261. The lowest BCUT2D eigenvalue weighted by atomic mass is 9.97. The number of fused-ring (bicyclic) bond motifs is 7. The van der Waals surface area contributed by atoms with E-state index in [-0.39, 0.29) is 17.9 Å². The lowest BCUT2D eigenvalue weighted by Crippen LogP contribution is -2.21. The maximum atomic E-state index is 12.7. The molecule has 33 heavy (non-hydrogen) atoms. The van der Waals surface area contributed by atoms with Crippen LogP contribution in [0.25, 0.3) is 22.5 Å². The number of nitrogens with two attached hydrogens (primary N) is 1. The fourth-order valence-electron chi connectivity index (χ4n) is 4.31. The molecule has 1 aliphatic heterocycles. The van der Waals surface area contributed by atoms with Gasteiger partial charge in [0.25, 0.3) is 5.56 Å². The molecule has 2 bridgehead atoms. The van der Waals surface area contributed by atoms with Gasteiger partial charge in [-0.05, 0) is 13.8 Å². The Balaban J connectivity index is 1.88. The van der Waals surface area contributed by atoms with E-state index >= 15 is 0 Å². The van der Waals surface area contributed by atoms with E-state index in [2.05, 4.69) is 21.4 Å². The molecule has 0 fully saturated rings. The molecule has 0 saturated carbocycles. The second-order valence-electron chi connectivity index (χ2n) is 8.18. The van der Waals surface area contributed by atoms with E-state index in [1.54, 1.807) is 30.9 Å². The van der Waals surface area contributed by atoms with E-state index in [1.807, 2.05) is 36.7 Å². The van der Waals surface area contributed by atoms with Gasteiger partial charge in [-0.15, -0.1) is 10.2 Å². The molecule has 0 aliphatic carbocycles. The molecular weight excluding hydrogens is 420 g/mol. The number of nitrogen functional groups attached to an aromatic ring is 1. The van der Waals surface area contributed by atoms with Gasteiger partial charge < -0.3 is 10.5 Å². The van der Waals surface area contributed by atoms with Gasteiger partial charge >= 0.3 is 0 Å². The quantitative estimate of drug-likeness (QED) is 0.442. The zero-order valence-corrected chi connectivity index (χ0v) is 18.7. The zero-order valence-electron chi connectivity index (χ0n) is 18.7. The van der Waals surface area contributed by atoms with Crippen molar-refractivity contribution in [2.24, 2.45) is 14.1 Å². The topological polar surface area (TPSA) is 130 Å². The van der Waals surface area contributed by atoms with Crippen LogP contribution < -0.4 is 16.0 Å². The van der Waals surface area contributed by atoms with Gasteiger partial charge in [0.15, 0.2) is 11.6 Å². The third kappa shape index (κ3) is 3.17. The number of hydrogen-bond acceptors (Lipinski definition) is 7. The van der Waals surface area contributed by atoms with Crippen molar-refractivity contribution in [2.75, 3.05) is 5.73 Å². The maximum Gasteiger partial charge on any atom is 0.267 e. The summed E-state index contributed by atoms with van der Waals surface area (Å²) in [6.07, 6.45) is -0.397. The Hall–Kier alpha value is -4.39. The molecule has 1 aliphatic rings. The first kappa shape index (κ1) is 20.5. The van der Waals surface area contributed by atoms with Crippen molar-refractivity contribution in [1.29, 1.82) is 5.26 Å². The highest BCUT2D eigenvalue weighted by molar-refractivity contribution is 5.72. The van der Waals surface area contributed by atoms with E-state index in [0.29, 0.717) is 28.4 Å². The Labute approximate surface area is 189 Å². The van der Waals surface area contributed by atoms with Crippen molar-refractivity contribution < 1.29 is 4.74 Å². The van der Waals surface area contributed by atoms with Gasteiger partial charge in [-0.1, -0.05) is 23.8 Å². The Morgan fingerprint density at radius 3 is 2.76 bits per heavy atom. The van der Waals surface area contributed by atoms with E-state index < -0.39 is 6.10 Å². The molecule has 0 amide bonds. The number of anilines is 1. The summed E-state index contributed by atoms with van der Waals surface area (Å²) in [7, 11) is 3.40. The molecule has 0 spiro atoms. The maximum absolute atomic E-state index is 12.7. The monoisotopic (exact) mass is 442 g/mol. The first-order valence-electron chi connectivity index (χ1n) is 10.4. The minimum absolute atomic E-state index is 0.150. The van der Waals surface area contributed by atoms with Crippen LogP contribution in [0.5, 0.6) is 5.75 Å². The van der Waals surface area contributed by atoms with E-state index in [4.69, 9.17) is 10.5 Å². The minimum atomic E-state index is -0.397. The predicted octanol–water partition coefficient (Wildman–Crippen LogP) is 2.31. The van der Waals surface area contributed by atoms with Gasteiger partial charge in [-0.25, -0.2) is 0 Å². The van der Waals surface area contributed by atoms with Crippen molar-refractivity contribution in [2.45, 2.75) is 26.5 Å². The molecule has 1 atom stereocenters. The molecule has 1 aromatic carbocycles. The first-order valence-corrected chi connectivity index (χ1v) is 10.4. The van der Waals surface area contributed by atoms with Gasteiger partial charge in [-0.3, -0.25) is 18.8 Å². The third-order valence-electron chi connectivity index (χ3n) is 6.01. The number of aromatic nitrogens is 6. The van der Waals surface area contributed by atoms with Gasteiger partial charge in [0.05, 0.1) is 23.5 Å². The molecule has 0 radical (unpaired) electrons. The number of ether oxygens (including phenoxy) is 1. The predicted molar refractivity (Wildman–Crippen MR) is 121 cm³/mol. The molecule has 10 nitrogen and oxygen atoms in total. The van der Waals surface area contributed by atoms with Crippen LogP contribution in [-0.2, 0) is 20.6 Å². The summed E-state index contributed by atoms with van der Waals surface area (Å²) in [5.41, 5.74) is 11.4. The van der Waals surface area contributed by atoms with Crippen LogP contribution in [0.1, 0.15) is 35.5 Å².